The fraction of sp³-hybridized carbons (Fsp3) is 0.552. The minimum absolute atomic E-state index is 0.155. The molecule has 1 saturated heterocycles. The highest BCUT2D eigenvalue weighted by molar-refractivity contribution is 6.46. The normalized spacial score (nSPS) is 17.9. The van der Waals surface area contributed by atoms with Gasteiger partial charge in [-0.1, -0.05) is 23.2 Å². The molecule has 10 nitrogen and oxygen atoms in total. The highest BCUT2D eigenvalue weighted by Crippen LogP contribution is 2.46. The first-order valence-corrected chi connectivity index (χ1v) is 14.6. The summed E-state index contributed by atoms with van der Waals surface area (Å²) in [6, 6.07) is 1.63. The third-order valence-electron chi connectivity index (χ3n) is 6.89. The molecule has 0 spiro atoms. The van der Waals surface area contributed by atoms with Gasteiger partial charge in [0.25, 0.3) is 0 Å². The second-order valence-electron chi connectivity index (χ2n) is 12.5. The number of halogens is 2. The average Bonchev–Trinajstić information content (AvgIpc) is 3.48. The van der Waals surface area contributed by atoms with E-state index in [-0.39, 0.29) is 17.8 Å². The number of aromatic nitrogens is 3. The van der Waals surface area contributed by atoms with Crippen LogP contribution in [0, 0.1) is 0 Å². The van der Waals surface area contributed by atoms with Crippen molar-refractivity contribution in [2.45, 2.75) is 91.3 Å². The molecule has 0 bridgehead atoms. The number of benzene rings is 1. The summed E-state index contributed by atoms with van der Waals surface area (Å²) in [5.41, 5.74) is 2.21. The van der Waals surface area contributed by atoms with Crippen molar-refractivity contribution in [3.05, 3.63) is 34.2 Å². The molecule has 0 radical (unpaired) electrons. The zero-order chi connectivity index (χ0) is 29.7. The zero-order valence-electron chi connectivity index (χ0n) is 24.3. The fourth-order valence-electron chi connectivity index (χ4n) is 5.29. The summed E-state index contributed by atoms with van der Waals surface area (Å²) in [6.07, 6.45) is 5.51. The molecule has 1 unspecified atom stereocenters. The molecule has 0 aliphatic carbocycles. The summed E-state index contributed by atoms with van der Waals surface area (Å²) in [6.45, 7) is 12.7. The maximum atomic E-state index is 13.1. The van der Waals surface area contributed by atoms with E-state index in [1.54, 1.807) is 37.9 Å². The Kier molecular flexibility index (Phi) is 7.95. The van der Waals surface area contributed by atoms with E-state index in [2.05, 4.69) is 15.0 Å². The first kappa shape index (κ1) is 29.5. The van der Waals surface area contributed by atoms with E-state index in [4.69, 9.17) is 37.4 Å². The molecule has 2 aliphatic heterocycles. The minimum atomic E-state index is -0.697. The molecule has 2 aliphatic rings. The quantitative estimate of drug-likeness (QED) is 0.330. The smallest absolute Gasteiger partial charge is 0.412 e. The van der Waals surface area contributed by atoms with Gasteiger partial charge in [0.2, 0.25) is 0 Å². The van der Waals surface area contributed by atoms with Crippen LogP contribution in [0.25, 0.3) is 22.0 Å². The van der Waals surface area contributed by atoms with E-state index < -0.39 is 23.4 Å². The number of fused-ring (bicyclic) bond motifs is 3. The number of ether oxygens (including phenoxy) is 3. The molecule has 1 fully saturated rings. The number of rotatable bonds is 3. The van der Waals surface area contributed by atoms with Crippen molar-refractivity contribution in [2.75, 3.05) is 18.5 Å². The molecule has 1 aromatic carbocycles. The predicted molar refractivity (Wildman–Crippen MR) is 159 cm³/mol. The average molecular weight is 607 g/mol. The maximum Gasteiger partial charge on any atom is 0.412 e. The molecule has 1 N–H and O–H groups in total. The molecule has 1 atom stereocenters. The molecular weight excluding hydrogens is 569 g/mol. The number of amides is 2. The van der Waals surface area contributed by atoms with Crippen LogP contribution in [0.3, 0.4) is 0 Å². The summed E-state index contributed by atoms with van der Waals surface area (Å²) in [5.74, 6) is 0. The summed E-state index contributed by atoms with van der Waals surface area (Å²) in [5, 5.41) is 8.87. The monoisotopic (exact) mass is 605 g/mol. The number of hydrogen-bond acceptors (Lipinski definition) is 6. The highest BCUT2D eigenvalue weighted by atomic mass is 35.5. The Hall–Kier alpha value is -2.95. The highest BCUT2D eigenvalue weighted by Gasteiger charge is 2.33. The second kappa shape index (κ2) is 11.0. The molecule has 3 aromatic rings. The van der Waals surface area contributed by atoms with Crippen LogP contribution in [0.2, 0.25) is 10.0 Å². The Morgan fingerprint density at radius 1 is 1.07 bits per heavy atom. The van der Waals surface area contributed by atoms with Crippen molar-refractivity contribution < 1.29 is 23.8 Å². The number of anilines is 1. The molecular formula is C29H37Cl2N5O5. The SMILES string of the molecule is CC(C)(C)OC(=O)Nc1cc(Cl)c(Cl)c2c1c(-c1cnn(C3CCCCO3)c1)c1n2CCN(C(=O)OC(C)(C)C)C1. The molecule has 222 valence electrons. The molecule has 41 heavy (non-hydrogen) atoms. The van der Waals surface area contributed by atoms with E-state index in [0.29, 0.717) is 41.3 Å². The van der Waals surface area contributed by atoms with E-state index in [9.17, 15) is 9.59 Å². The summed E-state index contributed by atoms with van der Waals surface area (Å²) in [4.78, 5) is 27.7. The van der Waals surface area contributed by atoms with Crippen LogP contribution >= 0.6 is 23.2 Å². The molecule has 2 amide bonds. The Morgan fingerprint density at radius 3 is 2.46 bits per heavy atom. The van der Waals surface area contributed by atoms with Crippen molar-refractivity contribution in [2.24, 2.45) is 0 Å². The number of nitrogens with one attached hydrogen (secondary N) is 1. The van der Waals surface area contributed by atoms with Crippen LogP contribution in [0.15, 0.2) is 18.5 Å². The van der Waals surface area contributed by atoms with Gasteiger partial charge < -0.3 is 23.7 Å². The Labute approximate surface area is 249 Å². The molecule has 4 heterocycles. The lowest BCUT2D eigenvalue weighted by Gasteiger charge is -2.31. The van der Waals surface area contributed by atoms with Crippen molar-refractivity contribution in [1.82, 2.24) is 19.2 Å². The van der Waals surface area contributed by atoms with Crippen LogP contribution in [-0.4, -0.2) is 55.8 Å². The fourth-order valence-corrected chi connectivity index (χ4v) is 5.74. The first-order chi connectivity index (χ1) is 19.2. The van der Waals surface area contributed by atoms with E-state index >= 15 is 0 Å². The maximum absolute atomic E-state index is 13.1. The Morgan fingerprint density at radius 2 is 1.80 bits per heavy atom. The Bertz CT molecular complexity index is 1480. The van der Waals surface area contributed by atoms with Crippen molar-refractivity contribution in [3.63, 3.8) is 0 Å². The van der Waals surface area contributed by atoms with Crippen molar-refractivity contribution >= 4 is 52.0 Å². The summed E-state index contributed by atoms with van der Waals surface area (Å²) < 4.78 is 21.1. The second-order valence-corrected chi connectivity index (χ2v) is 13.3. The van der Waals surface area contributed by atoms with Gasteiger partial charge in [-0.3, -0.25) is 5.32 Å². The lowest BCUT2D eigenvalue weighted by molar-refractivity contribution is -0.0394. The van der Waals surface area contributed by atoms with Gasteiger partial charge in [0.15, 0.2) is 0 Å². The van der Waals surface area contributed by atoms with Gasteiger partial charge in [0.1, 0.15) is 17.4 Å². The summed E-state index contributed by atoms with van der Waals surface area (Å²) >= 11 is 13.5. The van der Waals surface area contributed by atoms with Crippen LogP contribution in [0.5, 0.6) is 0 Å². The standard InChI is InChI=1S/C29H37Cl2N5O5/c1-28(2,3)40-26(37)33-19-13-18(30)24(31)25-23(19)22(17-14-32-36(15-17)21-9-7-8-12-39-21)20-16-34(10-11-35(20)25)27(38)41-29(4,5)6/h13-15,21H,7-12,16H2,1-6H3,(H,33,37). The topological polar surface area (TPSA) is 99.9 Å². The molecule has 12 heteroatoms. The first-order valence-electron chi connectivity index (χ1n) is 13.9. The van der Waals surface area contributed by atoms with Crippen LogP contribution < -0.4 is 5.32 Å². The van der Waals surface area contributed by atoms with E-state index in [1.165, 1.54) is 0 Å². The van der Waals surface area contributed by atoms with Gasteiger partial charge in [-0.2, -0.15) is 5.10 Å². The van der Waals surface area contributed by atoms with Gasteiger partial charge in [0.05, 0.1) is 34.0 Å². The minimum Gasteiger partial charge on any atom is -0.444 e. The number of nitrogens with zero attached hydrogens (tertiary/aromatic N) is 4. The number of hydrogen-bond donors (Lipinski definition) is 1. The van der Waals surface area contributed by atoms with Crippen molar-refractivity contribution in [1.29, 1.82) is 0 Å². The third-order valence-corrected chi connectivity index (χ3v) is 7.67. The number of carbonyl (C=O) groups excluding carboxylic acids is 2. The predicted octanol–water partition coefficient (Wildman–Crippen LogP) is 7.61. The van der Waals surface area contributed by atoms with Gasteiger partial charge in [-0.15, -0.1) is 0 Å². The van der Waals surface area contributed by atoms with Crippen molar-refractivity contribution in [3.8, 4) is 11.1 Å². The summed E-state index contributed by atoms with van der Waals surface area (Å²) in [7, 11) is 0. The van der Waals surface area contributed by atoms with E-state index in [0.717, 1.165) is 36.1 Å². The zero-order valence-corrected chi connectivity index (χ0v) is 25.9. The molecule has 0 saturated carbocycles. The third kappa shape index (κ3) is 6.29. The number of carbonyl (C=O) groups is 2. The van der Waals surface area contributed by atoms with Gasteiger partial charge in [-0.05, 0) is 66.9 Å². The largest absolute Gasteiger partial charge is 0.444 e. The lowest BCUT2D eigenvalue weighted by atomic mass is 10.0. The van der Waals surface area contributed by atoms with Gasteiger partial charge >= 0.3 is 12.2 Å². The van der Waals surface area contributed by atoms with Gasteiger partial charge in [-0.25, -0.2) is 14.3 Å². The lowest BCUT2D eigenvalue weighted by Crippen LogP contribution is -2.41. The van der Waals surface area contributed by atoms with Crippen LogP contribution in [-0.2, 0) is 27.3 Å². The molecule has 5 rings (SSSR count). The van der Waals surface area contributed by atoms with Gasteiger partial charge in [0, 0.05) is 48.1 Å². The molecule has 2 aromatic heterocycles. The van der Waals surface area contributed by atoms with E-state index in [1.807, 2.05) is 31.6 Å². The Balaban J connectivity index is 1.67. The van der Waals surface area contributed by atoms with Crippen LogP contribution in [0.4, 0.5) is 15.3 Å². The van der Waals surface area contributed by atoms with Crippen LogP contribution in [0.1, 0.15) is 72.7 Å².